The molecule has 2 aliphatic rings. The van der Waals surface area contributed by atoms with Gasteiger partial charge in [-0.15, -0.1) is 0 Å². The first-order chi connectivity index (χ1) is 9.41. The fraction of sp³-hybridized carbons (Fsp3) is 0.692. The van der Waals surface area contributed by atoms with Crippen molar-refractivity contribution in [1.82, 2.24) is 9.97 Å². The third-order valence-corrected chi connectivity index (χ3v) is 3.82. The van der Waals surface area contributed by atoms with Gasteiger partial charge < -0.3 is 4.90 Å². The predicted molar refractivity (Wildman–Crippen MR) is 69.7 cm³/mol. The minimum atomic E-state index is -4.49. The summed E-state index contributed by atoms with van der Waals surface area (Å²) >= 11 is 5.66. The number of alkyl halides is 3. The lowest BCUT2D eigenvalue weighted by molar-refractivity contribution is -0.141. The van der Waals surface area contributed by atoms with Gasteiger partial charge in [-0.1, -0.05) is 0 Å². The number of aromatic nitrogens is 2. The van der Waals surface area contributed by atoms with E-state index < -0.39 is 11.9 Å². The van der Waals surface area contributed by atoms with Gasteiger partial charge in [0, 0.05) is 19.2 Å². The molecule has 0 radical (unpaired) electrons. The summed E-state index contributed by atoms with van der Waals surface area (Å²) in [7, 11) is 0. The Bertz CT molecular complexity index is 484. The highest BCUT2D eigenvalue weighted by Crippen LogP contribution is 2.37. The molecular formula is C13H15ClF3N3. The Hall–Kier alpha value is -1.04. The lowest BCUT2D eigenvalue weighted by Gasteiger charge is -2.24. The summed E-state index contributed by atoms with van der Waals surface area (Å²) in [6, 6.07) is 1.01. The molecule has 0 aliphatic heterocycles. The van der Waals surface area contributed by atoms with Gasteiger partial charge >= 0.3 is 6.18 Å². The minimum Gasteiger partial charge on any atom is -0.356 e. The Labute approximate surface area is 120 Å². The Morgan fingerprint density at radius 1 is 1.10 bits per heavy atom. The van der Waals surface area contributed by atoms with Crippen molar-refractivity contribution in [3.8, 4) is 0 Å². The molecule has 110 valence electrons. The van der Waals surface area contributed by atoms with Crippen LogP contribution in [-0.2, 0) is 6.18 Å². The summed E-state index contributed by atoms with van der Waals surface area (Å²) < 4.78 is 38.4. The molecular weight excluding hydrogens is 291 g/mol. The largest absolute Gasteiger partial charge is 0.433 e. The van der Waals surface area contributed by atoms with Gasteiger partial charge in [0.2, 0.25) is 5.28 Å². The molecule has 2 fully saturated rings. The van der Waals surface area contributed by atoms with E-state index in [1.165, 1.54) is 0 Å². The van der Waals surface area contributed by atoms with Gasteiger partial charge in [-0.2, -0.15) is 13.2 Å². The first-order valence-electron chi connectivity index (χ1n) is 6.78. The third kappa shape index (κ3) is 3.53. The number of nitrogens with zero attached hydrogens (tertiary/aromatic N) is 3. The zero-order valence-electron chi connectivity index (χ0n) is 10.8. The lowest BCUT2D eigenvalue weighted by Crippen LogP contribution is -2.29. The molecule has 0 amide bonds. The van der Waals surface area contributed by atoms with Gasteiger partial charge in [0.05, 0.1) is 0 Å². The van der Waals surface area contributed by atoms with E-state index in [-0.39, 0.29) is 5.28 Å². The van der Waals surface area contributed by atoms with Crippen LogP contribution < -0.4 is 4.90 Å². The number of hydrogen-bond acceptors (Lipinski definition) is 3. The van der Waals surface area contributed by atoms with Crippen molar-refractivity contribution in [3.63, 3.8) is 0 Å². The summed E-state index contributed by atoms with van der Waals surface area (Å²) in [6.45, 7) is 1.53. The van der Waals surface area contributed by atoms with Crippen molar-refractivity contribution in [2.45, 2.75) is 31.9 Å². The summed E-state index contributed by atoms with van der Waals surface area (Å²) in [5.74, 6) is 1.46. The van der Waals surface area contributed by atoms with Crippen molar-refractivity contribution in [3.05, 3.63) is 17.0 Å². The van der Waals surface area contributed by atoms with Gasteiger partial charge in [0.1, 0.15) is 5.82 Å². The van der Waals surface area contributed by atoms with E-state index in [2.05, 4.69) is 9.97 Å². The summed E-state index contributed by atoms with van der Waals surface area (Å²) in [5.41, 5.74) is -0.968. The molecule has 1 heterocycles. The number of rotatable bonds is 5. The highest BCUT2D eigenvalue weighted by Gasteiger charge is 2.35. The molecule has 0 spiro atoms. The summed E-state index contributed by atoms with van der Waals surface area (Å²) in [4.78, 5) is 9.21. The van der Waals surface area contributed by atoms with Crippen LogP contribution in [-0.4, -0.2) is 23.1 Å². The average Bonchev–Trinajstić information content (AvgIpc) is 3.21. The molecule has 3 nitrogen and oxygen atoms in total. The van der Waals surface area contributed by atoms with Crippen molar-refractivity contribution < 1.29 is 13.2 Å². The fourth-order valence-electron chi connectivity index (χ4n) is 2.20. The summed E-state index contributed by atoms with van der Waals surface area (Å²) in [5, 5.41) is -0.341. The Morgan fingerprint density at radius 3 is 2.10 bits per heavy atom. The normalized spacial score (nSPS) is 19.2. The molecule has 3 rings (SSSR count). The van der Waals surface area contributed by atoms with Crippen LogP contribution in [0, 0.1) is 11.8 Å². The van der Waals surface area contributed by atoms with E-state index in [0.717, 1.165) is 44.8 Å². The van der Waals surface area contributed by atoms with E-state index in [1.807, 2.05) is 4.90 Å². The molecule has 20 heavy (non-hydrogen) atoms. The van der Waals surface area contributed by atoms with Crippen molar-refractivity contribution in [2.75, 3.05) is 18.0 Å². The van der Waals surface area contributed by atoms with Gasteiger partial charge in [0.15, 0.2) is 5.69 Å². The van der Waals surface area contributed by atoms with E-state index in [1.54, 1.807) is 0 Å². The Morgan fingerprint density at radius 2 is 1.65 bits per heavy atom. The first-order valence-corrected chi connectivity index (χ1v) is 7.16. The monoisotopic (exact) mass is 305 g/mol. The maximum atomic E-state index is 12.8. The summed E-state index contributed by atoms with van der Waals surface area (Å²) in [6.07, 6.45) is 0.0859. The van der Waals surface area contributed by atoms with Gasteiger partial charge in [-0.25, -0.2) is 9.97 Å². The Balaban J connectivity index is 1.85. The van der Waals surface area contributed by atoms with E-state index in [0.29, 0.717) is 17.7 Å². The second-order valence-corrected chi connectivity index (χ2v) is 6.01. The van der Waals surface area contributed by atoms with Crippen LogP contribution in [0.5, 0.6) is 0 Å². The highest BCUT2D eigenvalue weighted by molar-refractivity contribution is 6.28. The molecule has 2 saturated carbocycles. The molecule has 1 aromatic rings. The second-order valence-electron chi connectivity index (χ2n) is 5.67. The van der Waals surface area contributed by atoms with Crippen LogP contribution in [0.15, 0.2) is 6.07 Å². The molecule has 2 aliphatic carbocycles. The zero-order valence-corrected chi connectivity index (χ0v) is 11.6. The van der Waals surface area contributed by atoms with Crippen LogP contribution in [0.2, 0.25) is 5.28 Å². The molecule has 7 heteroatoms. The maximum Gasteiger partial charge on any atom is 0.433 e. The SMILES string of the molecule is FC(F)(F)c1cc(N(CC2CC2)CC2CC2)nc(Cl)n1. The fourth-order valence-corrected chi connectivity index (χ4v) is 2.38. The predicted octanol–water partition coefficient (Wildman–Crippen LogP) is 3.78. The van der Waals surface area contributed by atoms with Crippen LogP contribution in [0.25, 0.3) is 0 Å². The van der Waals surface area contributed by atoms with Crippen molar-refractivity contribution in [1.29, 1.82) is 0 Å². The number of anilines is 1. The quantitative estimate of drug-likeness (QED) is 0.775. The third-order valence-electron chi connectivity index (χ3n) is 3.65. The number of halogens is 4. The smallest absolute Gasteiger partial charge is 0.356 e. The van der Waals surface area contributed by atoms with Gasteiger partial charge in [0.25, 0.3) is 0 Å². The molecule has 0 N–H and O–H groups in total. The lowest BCUT2D eigenvalue weighted by atomic mass is 10.3. The molecule has 0 bridgehead atoms. The zero-order chi connectivity index (χ0) is 14.3. The molecule has 0 aromatic carbocycles. The standard InChI is InChI=1S/C13H15ClF3N3/c14-12-18-10(13(15,16)17)5-11(19-12)20(6-8-1-2-8)7-9-3-4-9/h5,8-9H,1-4,6-7H2. The topological polar surface area (TPSA) is 29.0 Å². The van der Waals surface area contributed by atoms with Gasteiger partial charge in [-0.3, -0.25) is 0 Å². The van der Waals surface area contributed by atoms with Gasteiger partial charge in [-0.05, 0) is 49.1 Å². The van der Waals surface area contributed by atoms with Crippen LogP contribution in [0.4, 0.5) is 19.0 Å². The Kier molecular flexibility index (Phi) is 3.52. The van der Waals surface area contributed by atoms with E-state index >= 15 is 0 Å². The van der Waals surface area contributed by atoms with E-state index in [9.17, 15) is 13.2 Å². The van der Waals surface area contributed by atoms with E-state index in [4.69, 9.17) is 11.6 Å². The maximum absolute atomic E-state index is 12.8. The number of hydrogen-bond donors (Lipinski definition) is 0. The van der Waals surface area contributed by atoms with Crippen LogP contribution in [0.3, 0.4) is 0 Å². The molecule has 1 aromatic heterocycles. The first kappa shape index (κ1) is 13.9. The highest BCUT2D eigenvalue weighted by atomic mass is 35.5. The average molecular weight is 306 g/mol. The second kappa shape index (κ2) is 5.06. The van der Waals surface area contributed by atoms with Crippen LogP contribution in [0.1, 0.15) is 31.4 Å². The molecule has 0 atom stereocenters. The molecule has 0 saturated heterocycles. The van der Waals surface area contributed by atoms with Crippen molar-refractivity contribution >= 4 is 17.4 Å². The molecule has 0 unspecified atom stereocenters. The van der Waals surface area contributed by atoms with Crippen LogP contribution >= 0.6 is 11.6 Å². The van der Waals surface area contributed by atoms with Crippen molar-refractivity contribution in [2.24, 2.45) is 11.8 Å². The minimum absolute atomic E-state index is 0.302.